The number of anilines is 1. The highest BCUT2D eigenvalue weighted by molar-refractivity contribution is 5.70. The fraction of sp³-hybridized carbons (Fsp3) is 0.222. The first kappa shape index (κ1) is 12.9. The van der Waals surface area contributed by atoms with Gasteiger partial charge in [0.25, 0.3) is 0 Å². The summed E-state index contributed by atoms with van der Waals surface area (Å²) in [6.07, 6.45) is 4.29. The molecule has 2 aromatic carbocycles. The van der Waals surface area contributed by atoms with E-state index in [9.17, 15) is 0 Å². The first-order valence-electron chi connectivity index (χ1n) is 7.08. The smallest absolute Gasteiger partial charge is 0.0642 e. The van der Waals surface area contributed by atoms with Crippen LogP contribution in [-0.4, -0.2) is 26.3 Å². The molecule has 0 N–H and O–H groups in total. The first-order chi connectivity index (χ1) is 9.92. The minimum Gasteiger partial charge on any atom is -0.378 e. The van der Waals surface area contributed by atoms with Gasteiger partial charge in [-0.15, -0.1) is 0 Å². The number of morpholine rings is 1. The molecule has 0 radical (unpaired) electrons. The van der Waals surface area contributed by atoms with E-state index in [-0.39, 0.29) is 0 Å². The Morgan fingerprint density at radius 3 is 2.00 bits per heavy atom. The van der Waals surface area contributed by atoms with Crippen LogP contribution in [0.2, 0.25) is 0 Å². The van der Waals surface area contributed by atoms with Gasteiger partial charge in [-0.05, 0) is 23.3 Å². The first-order valence-corrected chi connectivity index (χ1v) is 7.08. The second-order valence-electron chi connectivity index (χ2n) is 4.93. The molecule has 0 unspecified atom stereocenters. The molecule has 3 rings (SSSR count). The van der Waals surface area contributed by atoms with Crippen LogP contribution in [0.15, 0.2) is 54.6 Å². The average molecular weight is 265 g/mol. The van der Waals surface area contributed by atoms with Gasteiger partial charge in [-0.2, -0.15) is 0 Å². The third-order valence-electron chi connectivity index (χ3n) is 3.54. The highest BCUT2D eigenvalue weighted by atomic mass is 16.5. The van der Waals surface area contributed by atoms with Gasteiger partial charge >= 0.3 is 0 Å². The lowest BCUT2D eigenvalue weighted by atomic mass is 10.1. The number of hydrogen-bond donors (Lipinski definition) is 0. The van der Waals surface area contributed by atoms with E-state index in [1.165, 1.54) is 16.8 Å². The zero-order valence-corrected chi connectivity index (χ0v) is 11.5. The van der Waals surface area contributed by atoms with Gasteiger partial charge in [-0.3, -0.25) is 0 Å². The van der Waals surface area contributed by atoms with Crippen LogP contribution in [-0.2, 0) is 4.74 Å². The largest absolute Gasteiger partial charge is 0.378 e. The molecule has 2 aromatic rings. The van der Waals surface area contributed by atoms with E-state index in [1.54, 1.807) is 0 Å². The minimum absolute atomic E-state index is 0.829. The van der Waals surface area contributed by atoms with Crippen LogP contribution < -0.4 is 4.90 Å². The zero-order chi connectivity index (χ0) is 13.6. The van der Waals surface area contributed by atoms with Gasteiger partial charge in [0.15, 0.2) is 0 Å². The summed E-state index contributed by atoms with van der Waals surface area (Å²) < 4.78 is 5.38. The third-order valence-corrected chi connectivity index (χ3v) is 3.54. The lowest BCUT2D eigenvalue weighted by molar-refractivity contribution is 0.122. The molecule has 0 amide bonds. The molecule has 1 heterocycles. The highest BCUT2D eigenvalue weighted by Gasteiger charge is 2.10. The van der Waals surface area contributed by atoms with Crippen LogP contribution in [0.25, 0.3) is 12.2 Å². The van der Waals surface area contributed by atoms with Crippen LogP contribution in [0, 0.1) is 0 Å². The Morgan fingerprint density at radius 2 is 1.35 bits per heavy atom. The summed E-state index contributed by atoms with van der Waals surface area (Å²) >= 11 is 0. The maximum atomic E-state index is 5.38. The van der Waals surface area contributed by atoms with Crippen molar-refractivity contribution in [3.63, 3.8) is 0 Å². The second-order valence-corrected chi connectivity index (χ2v) is 4.93. The fourth-order valence-corrected chi connectivity index (χ4v) is 2.37. The number of hydrogen-bond acceptors (Lipinski definition) is 2. The van der Waals surface area contributed by atoms with Crippen molar-refractivity contribution in [2.45, 2.75) is 0 Å². The summed E-state index contributed by atoms with van der Waals surface area (Å²) in [6, 6.07) is 19.1. The molecule has 0 saturated carbocycles. The molecule has 102 valence electrons. The minimum atomic E-state index is 0.829. The molecule has 0 aromatic heterocycles. The van der Waals surface area contributed by atoms with Crippen LogP contribution in [0.1, 0.15) is 11.1 Å². The average Bonchev–Trinajstić information content (AvgIpc) is 2.55. The van der Waals surface area contributed by atoms with E-state index in [0.717, 1.165) is 26.3 Å². The Hall–Kier alpha value is -2.06. The van der Waals surface area contributed by atoms with Crippen molar-refractivity contribution in [1.82, 2.24) is 0 Å². The molecule has 0 aliphatic carbocycles. The molecule has 0 atom stereocenters. The van der Waals surface area contributed by atoms with E-state index >= 15 is 0 Å². The van der Waals surface area contributed by atoms with E-state index in [4.69, 9.17) is 4.74 Å². The monoisotopic (exact) mass is 265 g/mol. The summed E-state index contributed by atoms with van der Waals surface area (Å²) in [4.78, 5) is 2.37. The van der Waals surface area contributed by atoms with Crippen molar-refractivity contribution in [3.05, 3.63) is 65.7 Å². The second kappa shape index (κ2) is 6.40. The normalized spacial score (nSPS) is 15.7. The van der Waals surface area contributed by atoms with Crippen molar-refractivity contribution in [3.8, 4) is 0 Å². The molecule has 1 aliphatic rings. The molecule has 20 heavy (non-hydrogen) atoms. The van der Waals surface area contributed by atoms with Crippen LogP contribution in [0.4, 0.5) is 5.69 Å². The van der Waals surface area contributed by atoms with Gasteiger partial charge in [-0.25, -0.2) is 0 Å². The van der Waals surface area contributed by atoms with E-state index in [2.05, 4.69) is 65.6 Å². The lowest BCUT2D eigenvalue weighted by Crippen LogP contribution is -2.36. The van der Waals surface area contributed by atoms with Crippen molar-refractivity contribution in [2.75, 3.05) is 31.2 Å². The van der Waals surface area contributed by atoms with E-state index in [1.807, 2.05) is 6.07 Å². The Morgan fingerprint density at radius 1 is 0.750 bits per heavy atom. The van der Waals surface area contributed by atoms with Gasteiger partial charge in [0.05, 0.1) is 13.2 Å². The molecule has 1 saturated heterocycles. The summed E-state index contributed by atoms with van der Waals surface area (Å²) in [5.74, 6) is 0. The van der Waals surface area contributed by atoms with Crippen LogP contribution >= 0.6 is 0 Å². The molecule has 1 aliphatic heterocycles. The van der Waals surface area contributed by atoms with Crippen molar-refractivity contribution in [2.24, 2.45) is 0 Å². The van der Waals surface area contributed by atoms with Crippen molar-refractivity contribution in [1.29, 1.82) is 0 Å². The Kier molecular flexibility index (Phi) is 4.14. The highest BCUT2D eigenvalue weighted by Crippen LogP contribution is 2.17. The van der Waals surface area contributed by atoms with E-state index in [0.29, 0.717) is 0 Å². The van der Waals surface area contributed by atoms with Crippen molar-refractivity contribution < 1.29 is 4.74 Å². The topological polar surface area (TPSA) is 12.5 Å². The number of nitrogens with zero attached hydrogens (tertiary/aromatic N) is 1. The molecule has 1 fully saturated rings. The molecule has 2 nitrogen and oxygen atoms in total. The van der Waals surface area contributed by atoms with E-state index < -0.39 is 0 Å². The van der Waals surface area contributed by atoms with Crippen LogP contribution in [0.5, 0.6) is 0 Å². The molecule has 0 bridgehead atoms. The number of rotatable bonds is 3. The molecule has 0 spiro atoms. The SMILES string of the molecule is C(=C\c1ccc(N2CCOCC2)cc1)/c1ccccc1. The van der Waals surface area contributed by atoms with Gasteiger partial charge in [0, 0.05) is 18.8 Å². The quantitative estimate of drug-likeness (QED) is 0.785. The zero-order valence-electron chi connectivity index (χ0n) is 11.5. The summed E-state index contributed by atoms with van der Waals surface area (Å²) in [6.45, 7) is 3.63. The summed E-state index contributed by atoms with van der Waals surface area (Å²) in [5, 5.41) is 0. The van der Waals surface area contributed by atoms with Gasteiger partial charge in [0.2, 0.25) is 0 Å². The maximum absolute atomic E-state index is 5.38. The number of benzene rings is 2. The molecular weight excluding hydrogens is 246 g/mol. The summed E-state index contributed by atoms with van der Waals surface area (Å²) in [7, 11) is 0. The predicted molar refractivity (Wildman–Crippen MR) is 84.8 cm³/mol. The summed E-state index contributed by atoms with van der Waals surface area (Å²) in [5.41, 5.74) is 3.74. The van der Waals surface area contributed by atoms with Gasteiger partial charge in [0.1, 0.15) is 0 Å². The van der Waals surface area contributed by atoms with Crippen molar-refractivity contribution >= 4 is 17.8 Å². The Bertz CT molecular complexity index is 554. The van der Waals surface area contributed by atoms with Crippen LogP contribution in [0.3, 0.4) is 0 Å². The standard InChI is InChI=1S/C18H19NO/c1-2-4-16(5-3-1)6-7-17-8-10-18(11-9-17)19-12-14-20-15-13-19/h1-11H,12-15H2/b7-6+. The Balaban J connectivity index is 1.68. The predicted octanol–water partition coefficient (Wildman–Crippen LogP) is 3.69. The Labute approximate surface area is 120 Å². The lowest BCUT2D eigenvalue weighted by Gasteiger charge is -2.28. The third kappa shape index (κ3) is 3.28. The molecule has 2 heteroatoms. The molecular formula is C18H19NO. The van der Waals surface area contributed by atoms with Gasteiger partial charge < -0.3 is 9.64 Å². The number of ether oxygens (including phenoxy) is 1. The van der Waals surface area contributed by atoms with Gasteiger partial charge in [-0.1, -0.05) is 54.6 Å². The maximum Gasteiger partial charge on any atom is 0.0642 e. The fourth-order valence-electron chi connectivity index (χ4n) is 2.37.